The second-order valence-corrected chi connectivity index (χ2v) is 5.96. The largest absolute Gasteiger partial charge is 0.497 e. The first-order chi connectivity index (χ1) is 12.7. The van der Waals surface area contributed by atoms with Gasteiger partial charge in [-0.3, -0.25) is 15.0 Å². The zero-order chi connectivity index (χ0) is 18.4. The van der Waals surface area contributed by atoms with Gasteiger partial charge in [0.15, 0.2) is 0 Å². The summed E-state index contributed by atoms with van der Waals surface area (Å²) in [5.74, 6) is 2.07. The minimum Gasteiger partial charge on any atom is -0.497 e. The molecule has 1 fully saturated rings. The van der Waals surface area contributed by atoms with Gasteiger partial charge in [0.1, 0.15) is 18.1 Å². The zero-order valence-corrected chi connectivity index (χ0v) is 14.7. The molecule has 2 aromatic rings. The Bertz CT molecular complexity index is 730. The Kier molecular flexibility index (Phi) is 5.85. The van der Waals surface area contributed by atoms with E-state index in [0.717, 1.165) is 31.1 Å². The lowest BCUT2D eigenvalue weighted by molar-refractivity contribution is -0.384. The molecule has 8 nitrogen and oxygen atoms in total. The number of piperazine rings is 1. The van der Waals surface area contributed by atoms with Gasteiger partial charge in [0.25, 0.3) is 0 Å². The number of anilines is 1. The molecule has 0 spiro atoms. The highest BCUT2D eigenvalue weighted by molar-refractivity contribution is 5.57. The Balaban J connectivity index is 1.46. The topological polar surface area (TPSA) is 81.0 Å². The van der Waals surface area contributed by atoms with Gasteiger partial charge in [-0.15, -0.1) is 0 Å². The molecule has 1 aromatic carbocycles. The van der Waals surface area contributed by atoms with E-state index in [1.54, 1.807) is 19.4 Å². The van der Waals surface area contributed by atoms with Crippen LogP contribution in [0.3, 0.4) is 0 Å². The summed E-state index contributed by atoms with van der Waals surface area (Å²) in [6.07, 6.45) is 1.59. The molecule has 8 heteroatoms. The van der Waals surface area contributed by atoms with Gasteiger partial charge in [0.2, 0.25) is 5.82 Å². The van der Waals surface area contributed by atoms with Crippen molar-refractivity contribution in [3.63, 3.8) is 0 Å². The van der Waals surface area contributed by atoms with E-state index in [1.807, 2.05) is 29.2 Å². The number of nitro groups is 1. The molecule has 2 heterocycles. The van der Waals surface area contributed by atoms with E-state index < -0.39 is 0 Å². The second kappa shape index (κ2) is 8.48. The lowest BCUT2D eigenvalue weighted by atomic mass is 10.3. The van der Waals surface area contributed by atoms with Gasteiger partial charge in [-0.05, 0) is 30.3 Å². The van der Waals surface area contributed by atoms with E-state index in [-0.39, 0.29) is 10.6 Å². The first-order valence-electron chi connectivity index (χ1n) is 8.51. The average molecular weight is 358 g/mol. The van der Waals surface area contributed by atoms with Gasteiger partial charge in [0.05, 0.1) is 12.0 Å². The van der Waals surface area contributed by atoms with Crippen LogP contribution in [0.25, 0.3) is 0 Å². The number of hydrogen-bond acceptors (Lipinski definition) is 7. The first kappa shape index (κ1) is 17.9. The fourth-order valence-corrected chi connectivity index (χ4v) is 2.92. The van der Waals surface area contributed by atoms with Crippen molar-refractivity contribution in [1.82, 2.24) is 9.88 Å². The Hall–Kier alpha value is -2.87. The van der Waals surface area contributed by atoms with Crippen molar-refractivity contribution >= 4 is 11.5 Å². The standard InChI is InChI=1S/C18H22N4O4/c1-25-15-4-6-16(7-5-15)26-14-13-20-9-11-21(12-10-20)18-17(22(23)24)3-2-8-19-18/h2-8H,9-14H2,1H3. The number of rotatable bonds is 7. The number of pyridine rings is 1. The molecule has 0 N–H and O–H groups in total. The van der Waals surface area contributed by atoms with Crippen molar-refractivity contribution in [2.45, 2.75) is 0 Å². The van der Waals surface area contributed by atoms with Gasteiger partial charge in [-0.2, -0.15) is 0 Å². The summed E-state index contributed by atoms with van der Waals surface area (Å²) in [4.78, 5) is 19.2. The molecule has 1 saturated heterocycles. The lowest BCUT2D eigenvalue weighted by Gasteiger charge is -2.34. The summed E-state index contributed by atoms with van der Waals surface area (Å²) >= 11 is 0. The molecule has 0 atom stereocenters. The van der Waals surface area contributed by atoms with Crippen LogP contribution < -0.4 is 14.4 Å². The van der Waals surface area contributed by atoms with E-state index in [9.17, 15) is 10.1 Å². The fourth-order valence-electron chi connectivity index (χ4n) is 2.92. The van der Waals surface area contributed by atoms with Crippen LogP contribution in [0.15, 0.2) is 42.6 Å². The average Bonchev–Trinajstić information content (AvgIpc) is 2.69. The highest BCUT2D eigenvalue weighted by Crippen LogP contribution is 2.25. The number of hydrogen-bond donors (Lipinski definition) is 0. The minimum atomic E-state index is -0.378. The molecule has 3 rings (SSSR count). The Morgan fingerprint density at radius 3 is 2.46 bits per heavy atom. The molecule has 1 aromatic heterocycles. The van der Waals surface area contributed by atoms with Crippen LogP contribution >= 0.6 is 0 Å². The van der Waals surface area contributed by atoms with Crippen LogP contribution in [-0.4, -0.2) is 61.2 Å². The summed E-state index contributed by atoms with van der Waals surface area (Å²) in [5.41, 5.74) is 0.0591. The number of aromatic nitrogens is 1. The van der Waals surface area contributed by atoms with Crippen LogP contribution in [0.4, 0.5) is 11.5 Å². The van der Waals surface area contributed by atoms with Gasteiger partial charge >= 0.3 is 5.69 Å². The predicted molar refractivity (Wildman–Crippen MR) is 98.0 cm³/mol. The van der Waals surface area contributed by atoms with Gasteiger partial charge in [-0.25, -0.2) is 4.98 Å². The lowest BCUT2D eigenvalue weighted by Crippen LogP contribution is -2.47. The van der Waals surface area contributed by atoms with Crippen molar-refractivity contribution in [1.29, 1.82) is 0 Å². The maximum atomic E-state index is 11.1. The molecule has 0 saturated carbocycles. The molecule has 0 aliphatic carbocycles. The van der Waals surface area contributed by atoms with Crippen molar-refractivity contribution in [2.75, 3.05) is 51.3 Å². The fraction of sp³-hybridized carbons (Fsp3) is 0.389. The highest BCUT2D eigenvalue weighted by Gasteiger charge is 2.24. The predicted octanol–water partition coefficient (Wildman–Crippen LogP) is 2.20. The van der Waals surface area contributed by atoms with Crippen molar-refractivity contribution in [3.8, 4) is 11.5 Å². The van der Waals surface area contributed by atoms with Crippen molar-refractivity contribution in [3.05, 3.63) is 52.7 Å². The highest BCUT2D eigenvalue weighted by atomic mass is 16.6. The van der Waals surface area contributed by atoms with Crippen molar-refractivity contribution < 1.29 is 14.4 Å². The molecule has 1 aliphatic rings. The van der Waals surface area contributed by atoms with Crippen LogP contribution in [0.1, 0.15) is 0 Å². The molecule has 0 radical (unpaired) electrons. The van der Waals surface area contributed by atoms with E-state index in [0.29, 0.717) is 25.5 Å². The third-order valence-corrected chi connectivity index (χ3v) is 4.37. The number of nitrogens with zero attached hydrogens (tertiary/aromatic N) is 4. The third-order valence-electron chi connectivity index (χ3n) is 4.37. The van der Waals surface area contributed by atoms with Gasteiger partial charge in [-0.1, -0.05) is 0 Å². The summed E-state index contributed by atoms with van der Waals surface area (Å²) in [6.45, 7) is 4.46. The smallest absolute Gasteiger partial charge is 0.311 e. The Labute approximate surface area is 152 Å². The van der Waals surface area contributed by atoms with Gasteiger partial charge < -0.3 is 14.4 Å². The molecule has 138 valence electrons. The molecule has 0 amide bonds. The van der Waals surface area contributed by atoms with Crippen LogP contribution in [0, 0.1) is 10.1 Å². The molecule has 0 bridgehead atoms. The SMILES string of the molecule is COc1ccc(OCCN2CCN(c3ncccc3[N+](=O)[O-])CC2)cc1. The molecular formula is C18H22N4O4. The first-order valence-corrected chi connectivity index (χ1v) is 8.51. The quantitative estimate of drug-likeness (QED) is 0.554. The maximum Gasteiger partial charge on any atom is 0.311 e. The summed E-state index contributed by atoms with van der Waals surface area (Å²) < 4.78 is 10.9. The van der Waals surface area contributed by atoms with Crippen LogP contribution in [0.2, 0.25) is 0 Å². The normalized spacial score (nSPS) is 14.9. The molecular weight excluding hydrogens is 336 g/mol. The summed E-state index contributed by atoms with van der Waals surface area (Å²) in [6, 6.07) is 10.6. The minimum absolute atomic E-state index is 0.0591. The van der Waals surface area contributed by atoms with Gasteiger partial charge in [0, 0.05) is 45.0 Å². The van der Waals surface area contributed by atoms with Crippen molar-refractivity contribution in [2.24, 2.45) is 0 Å². The van der Waals surface area contributed by atoms with E-state index >= 15 is 0 Å². The molecule has 26 heavy (non-hydrogen) atoms. The Morgan fingerprint density at radius 2 is 1.81 bits per heavy atom. The van der Waals surface area contributed by atoms with E-state index in [4.69, 9.17) is 9.47 Å². The number of ether oxygens (including phenoxy) is 2. The Morgan fingerprint density at radius 1 is 1.12 bits per heavy atom. The monoisotopic (exact) mass is 358 g/mol. The van der Waals surface area contributed by atoms with Crippen LogP contribution in [-0.2, 0) is 0 Å². The zero-order valence-electron chi connectivity index (χ0n) is 14.7. The van der Waals surface area contributed by atoms with E-state index in [2.05, 4.69) is 9.88 Å². The summed E-state index contributed by atoms with van der Waals surface area (Å²) in [7, 11) is 1.63. The number of benzene rings is 1. The third kappa shape index (κ3) is 4.40. The molecule has 1 aliphatic heterocycles. The van der Waals surface area contributed by atoms with E-state index in [1.165, 1.54) is 6.07 Å². The number of methoxy groups -OCH3 is 1. The van der Waals surface area contributed by atoms with Crippen LogP contribution in [0.5, 0.6) is 11.5 Å². The molecule has 0 unspecified atom stereocenters. The summed E-state index contributed by atoms with van der Waals surface area (Å²) in [5, 5.41) is 11.1. The maximum absolute atomic E-state index is 11.1. The second-order valence-electron chi connectivity index (χ2n) is 5.96.